The van der Waals surface area contributed by atoms with Crippen LogP contribution in [0.25, 0.3) is 20.4 Å². The smallest absolute Gasteiger partial charge is 0.298 e. The molecule has 0 aliphatic heterocycles. The van der Waals surface area contributed by atoms with E-state index in [4.69, 9.17) is 24.4 Å². The van der Waals surface area contributed by atoms with Crippen molar-refractivity contribution in [2.24, 2.45) is 20.5 Å². The van der Waals surface area contributed by atoms with Crippen molar-refractivity contribution in [2.75, 3.05) is 92.0 Å². The number of azo groups is 2. The Morgan fingerprint density at radius 2 is 1.13 bits per heavy atom. The third kappa shape index (κ3) is 11.5. The Balaban J connectivity index is 1.30. The molecule has 0 atom stereocenters. The van der Waals surface area contributed by atoms with Crippen molar-refractivity contribution in [3.63, 3.8) is 0 Å². The van der Waals surface area contributed by atoms with Gasteiger partial charge in [0, 0.05) is 56.7 Å². The summed E-state index contributed by atoms with van der Waals surface area (Å²) in [6.45, 7) is 10.9. The Hall–Kier alpha value is -6.70. The van der Waals surface area contributed by atoms with E-state index in [9.17, 15) is 23.2 Å². The van der Waals surface area contributed by atoms with Crippen molar-refractivity contribution >= 4 is 115 Å². The molecule has 3 aromatic heterocycles. The highest BCUT2D eigenvalue weighted by molar-refractivity contribution is 7.86. The van der Waals surface area contributed by atoms with Gasteiger partial charge >= 0.3 is 0 Å². The number of fused-ring (bicyclic) bond motifs is 2. The lowest BCUT2D eigenvalue weighted by molar-refractivity contribution is 0.280. The number of aromatic nitrogens is 5. The molecule has 0 saturated heterocycles. The van der Waals surface area contributed by atoms with Gasteiger partial charge in [-0.3, -0.25) is 4.55 Å². The van der Waals surface area contributed by atoms with Crippen molar-refractivity contribution < 1.29 is 32.7 Å². The lowest BCUT2D eigenvalue weighted by atomic mass is 10.2. The largest absolute Gasteiger partial charge is 0.497 e. The summed E-state index contributed by atoms with van der Waals surface area (Å²) >= 11 is 2.53. The average Bonchev–Trinajstić information content (AvgIpc) is 3.93. The minimum atomic E-state index is -4.59. The molecule has 3 heterocycles. The van der Waals surface area contributed by atoms with Crippen LogP contribution in [0.2, 0.25) is 0 Å². The van der Waals surface area contributed by atoms with Crippen LogP contribution < -0.4 is 34.8 Å². The normalized spacial score (nSPS) is 11.8. The monoisotopic (exact) mass is 970 g/mol. The molecule has 7 rings (SSSR count). The van der Waals surface area contributed by atoms with E-state index in [0.29, 0.717) is 38.3 Å². The summed E-state index contributed by atoms with van der Waals surface area (Å²) in [7, 11) is -1.68. The summed E-state index contributed by atoms with van der Waals surface area (Å²) in [6.07, 6.45) is 0. The van der Waals surface area contributed by atoms with E-state index in [2.05, 4.69) is 64.7 Å². The van der Waals surface area contributed by atoms with Gasteiger partial charge in [-0.15, -0.1) is 20.5 Å². The molecule has 21 nitrogen and oxygen atoms in total. The molecule has 7 aromatic rings. The Morgan fingerprint density at radius 3 is 1.61 bits per heavy atom. The van der Waals surface area contributed by atoms with E-state index in [1.165, 1.54) is 30.6 Å². The van der Waals surface area contributed by atoms with Gasteiger partial charge in [0.1, 0.15) is 27.8 Å². The number of rotatable bonds is 22. The van der Waals surface area contributed by atoms with Crippen LogP contribution in [-0.4, -0.2) is 115 Å². The van der Waals surface area contributed by atoms with Gasteiger partial charge in [-0.2, -0.15) is 23.4 Å². The maximum Gasteiger partial charge on any atom is 0.298 e. The number of anilines is 7. The van der Waals surface area contributed by atoms with Crippen LogP contribution in [0.3, 0.4) is 0 Å². The second-order valence-corrected chi connectivity index (χ2v) is 17.8. The van der Waals surface area contributed by atoms with Crippen molar-refractivity contribution in [3.05, 3.63) is 66.7 Å². The minimum absolute atomic E-state index is 0.0360. The first-order valence-electron chi connectivity index (χ1n) is 21.2. The van der Waals surface area contributed by atoms with Gasteiger partial charge in [-0.05, 0) is 88.4 Å². The first-order valence-corrected chi connectivity index (χ1v) is 24.3. The third-order valence-electron chi connectivity index (χ3n) is 10.4. The number of thiazole rings is 2. The zero-order valence-electron chi connectivity index (χ0n) is 37.6. The number of benzene rings is 4. The second-order valence-electron chi connectivity index (χ2n) is 14.4. The van der Waals surface area contributed by atoms with Crippen LogP contribution in [0.1, 0.15) is 27.7 Å². The molecule has 0 fully saturated rings. The summed E-state index contributed by atoms with van der Waals surface area (Å²) in [4.78, 5) is 28.9. The van der Waals surface area contributed by atoms with E-state index in [0.717, 1.165) is 59.1 Å². The standard InChI is InChI=1S/C43H50N14O7S3/c1-7-55(8-2)26-11-14-29(51-53-42-46-31-16-13-28(63-5)23-36(31)65-42)32(21-26)44-39-48-40(50-41(49-39)57(17-19-58)18-20-59)45-33-22-27(56(9-3)10-4)12-15-30(33)52-54-43-47-34-24-38(67(60,61)62)35(64-6)25-37(34)66-43/h11-16,21-25,58-59H,7-10,17-20H2,1-6H3,(H,60,61,62)(H2,44,45,48,49,50). The quantitative estimate of drug-likeness (QED) is 0.0313. The van der Waals surface area contributed by atoms with E-state index in [-0.39, 0.29) is 60.5 Å². The van der Waals surface area contributed by atoms with Crippen molar-refractivity contribution in [1.82, 2.24) is 24.9 Å². The molecular formula is C43H50N14O7S3. The summed E-state index contributed by atoms with van der Waals surface area (Å²) in [6, 6.07) is 19.6. The van der Waals surface area contributed by atoms with Crippen molar-refractivity contribution in [1.29, 1.82) is 0 Å². The molecule has 0 amide bonds. The first-order chi connectivity index (χ1) is 32.4. The SMILES string of the molecule is CCN(CC)c1ccc(N=Nc2nc3ccc(OC)cc3s2)c(Nc2nc(Nc3cc(N(CC)CC)ccc3N=Nc3nc4cc(S(=O)(=O)O)c(OC)cc4s3)nc(N(CCO)CCO)n2)c1. The molecule has 0 spiro atoms. The van der Waals surface area contributed by atoms with E-state index < -0.39 is 15.0 Å². The lowest BCUT2D eigenvalue weighted by Gasteiger charge is -2.24. The third-order valence-corrected chi connectivity index (χ3v) is 13.0. The summed E-state index contributed by atoms with van der Waals surface area (Å²) in [5.41, 5.74) is 4.70. The topological polar surface area (TPSA) is 261 Å². The Kier molecular flexibility index (Phi) is 15.6. The molecule has 0 radical (unpaired) electrons. The fourth-order valence-electron chi connectivity index (χ4n) is 6.99. The maximum absolute atomic E-state index is 12.1. The predicted molar refractivity (Wildman–Crippen MR) is 263 cm³/mol. The average molecular weight is 971 g/mol. The molecular weight excluding hydrogens is 921 g/mol. The van der Waals surface area contributed by atoms with Gasteiger partial charge in [0.25, 0.3) is 10.1 Å². The number of nitrogens with one attached hydrogen (secondary N) is 2. The van der Waals surface area contributed by atoms with Crippen LogP contribution in [0.5, 0.6) is 11.5 Å². The molecule has 0 unspecified atom stereocenters. The van der Waals surface area contributed by atoms with Gasteiger partial charge < -0.3 is 45.0 Å². The number of hydrogen-bond acceptors (Lipinski definition) is 22. The van der Waals surface area contributed by atoms with Crippen LogP contribution in [0, 0.1) is 0 Å². The molecule has 0 aliphatic rings. The van der Waals surface area contributed by atoms with E-state index in [1.54, 1.807) is 18.1 Å². The molecule has 4 aromatic carbocycles. The van der Waals surface area contributed by atoms with Crippen LogP contribution >= 0.6 is 22.7 Å². The molecule has 0 bridgehead atoms. The molecule has 5 N–H and O–H groups in total. The van der Waals surface area contributed by atoms with Crippen LogP contribution in [0.4, 0.5) is 62.2 Å². The Labute approximate surface area is 394 Å². The number of aliphatic hydroxyl groups is 2. The fraction of sp³-hybridized carbons (Fsp3) is 0.326. The highest BCUT2D eigenvalue weighted by Crippen LogP contribution is 2.39. The van der Waals surface area contributed by atoms with Gasteiger partial charge in [0.05, 0.1) is 59.2 Å². The van der Waals surface area contributed by atoms with Crippen molar-refractivity contribution in [2.45, 2.75) is 32.6 Å². The molecule has 24 heteroatoms. The number of hydrogen-bond donors (Lipinski definition) is 5. The number of nitrogens with zero attached hydrogens (tertiary/aromatic N) is 12. The summed E-state index contributed by atoms with van der Waals surface area (Å²) in [5.74, 6) is 1.05. The van der Waals surface area contributed by atoms with E-state index >= 15 is 0 Å². The Morgan fingerprint density at radius 1 is 0.612 bits per heavy atom. The minimum Gasteiger partial charge on any atom is -0.497 e. The number of ether oxygens (including phenoxy) is 2. The second kappa shape index (κ2) is 21.7. The van der Waals surface area contributed by atoms with Gasteiger partial charge in [-0.1, -0.05) is 22.7 Å². The number of aliphatic hydroxyl groups excluding tert-OH is 2. The van der Waals surface area contributed by atoms with Crippen molar-refractivity contribution in [3.8, 4) is 11.5 Å². The molecule has 0 aliphatic carbocycles. The predicted octanol–water partition coefficient (Wildman–Crippen LogP) is 9.16. The Bertz CT molecular complexity index is 3010. The zero-order valence-corrected chi connectivity index (χ0v) is 40.0. The summed E-state index contributed by atoms with van der Waals surface area (Å²) in [5, 5.41) is 45.5. The van der Waals surface area contributed by atoms with E-state index in [1.807, 2.05) is 62.4 Å². The molecule has 352 valence electrons. The zero-order chi connectivity index (χ0) is 47.7. The van der Waals surface area contributed by atoms with Gasteiger partial charge in [0.2, 0.25) is 28.1 Å². The fourth-order valence-corrected chi connectivity index (χ4v) is 9.26. The highest BCUT2D eigenvalue weighted by Gasteiger charge is 2.21. The first kappa shape index (κ1) is 48.2. The number of methoxy groups -OCH3 is 2. The maximum atomic E-state index is 12.1. The summed E-state index contributed by atoms with van der Waals surface area (Å²) < 4.78 is 45.9. The van der Waals surface area contributed by atoms with Gasteiger partial charge in [0.15, 0.2) is 0 Å². The highest BCUT2D eigenvalue weighted by atomic mass is 32.2. The van der Waals surface area contributed by atoms with Gasteiger partial charge in [-0.25, -0.2) is 9.97 Å². The molecule has 67 heavy (non-hydrogen) atoms. The lowest BCUT2D eigenvalue weighted by Crippen LogP contribution is -2.31. The van der Waals surface area contributed by atoms with Crippen LogP contribution in [-0.2, 0) is 10.1 Å². The van der Waals surface area contributed by atoms with Crippen LogP contribution in [0.15, 0.2) is 92.1 Å². The molecule has 0 saturated carbocycles.